The molecule has 152 valence electrons. The van der Waals surface area contributed by atoms with Crippen LogP contribution in [0.3, 0.4) is 0 Å². The van der Waals surface area contributed by atoms with Gasteiger partial charge in [-0.05, 0) is 49.6 Å². The van der Waals surface area contributed by atoms with E-state index < -0.39 is 10.0 Å². The first kappa shape index (κ1) is 21.7. The summed E-state index contributed by atoms with van der Waals surface area (Å²) in [6.45, 7) is 5.78. The van der Waals surface area contributed by atoms with Crippen LogP contribution in [0.4, 0.5) is 0 Å². The molecule has 7 nitrogen and oxygen atoms in total. The van der Waals surface area contributed by atoms with Crippen molar-refractivity contribution in [3.63, 3.8) is 0 Å². The Hall–Kier alpha value is -2.58. The highest BCUT2D eigenvalue weighted by Crippen LogP contribution is 2.19. The van der Waals surface area contributed by atoms with Crippen LogP contribution in [-0.4, -0.2) is 34.6 Å². The molecule has 0 aliphatic rings. The minimum absolute atomic E-state index is 0.0877. The van der Waals surface area contributed by atoms with Gasteiger partial charge < -0.3 is 15.4 Å². The maximum absolute atomic E-state index is 11.5. The second-order valence-corrected chi connectivity index (χ2v) is 7.94. The van der Waals surface area contributed by atoms with Gasteiger partial charge in [0.1, 0.15) is 5.75 Å². The Bertz CT molecular complexity index is 927. The minimum Gasteiger partial charge on any atom is -0.496 e. The number of aryl methyl sites for hydroxylation is 1. The first-order valence-corrected chi connectivity index (χ1v) is 10.7. The fourth-order valence-electron chi connectivity index (χ4n) is 2.75. The molecule has 0 saturated heterocycles. The third-order valence-electron chi connectivity index (χ3n) is 4.11. The van der Waals surface area contributed by atoms with Crippen LogP contribution >= 0.6 is 0 Å². The number of aliphatic imine (C=N–C) groups is 1. The largest absolute Gasteiger partial charge is 0.496 e. The molecular weight excluding hydrogens is 376 g/mol. The van der Waals surface area contributed by atoms with Crippen LogP contribution in [0.5, 0.6) is 5.75 Å². The van der Waals surface area contributed by atoms with Crippen molar-refractivity contribution in [2.75, 3.05) is 20.2 Å². The summed E-state index contributed by atoms with van der Waals surface area (Å²) in [4.78, 5) is 4.61. The summed E-state index contributed by atoms with van der Waals surface area (Å²) in [7, 11) is -2.05. The molecule has 0 aromatic heterocycles. The molecule has 0 amide bonds. The number of hydrogen-bond acceptors (Lipinski definition) is 4. The van der Waals surface area contributed by atoms with Crippen molar-refractivity contribution in [1.82, 2.24) is 10.6 Å². The monoisotopic (exact) mass is 404 g/mol. The van der Waals surface area contributed by atoms with Gasteiger partial charge in [0.25, 0.3) is 0 Å². The summed E-state index contributed by atoms with van der Waals surface area (Å²) >= 11 is 0. The third-order valence-corrected chi connectivity index (χ3v) is 5.02. The molecule has 0 spiro atoms. The molecule has 0 bridgehead atoms. The molecule has 8 heteroatoms. The lowest BCUT2D eigenvalue weighted by atomic mass is 10.1. The quantitative estimate of drug-likeness (QED) is 0.461. The molecule has 0 atom stereocenters. The Kier molecular flexibility index (Phi) is 7.83. The molecule has 0 heterocycles. The standard InChI is InChI=1S/C20H28N4O3S/c1-4-22-20(23-11-10-17-12-15(2)8-9-19(17)27-3)24-14-16-6-5-7-18(13-16)28(21,25)26/h5-9,12-13H,4,10-11,14H2,1-3H3,(H2,21,25,26)(H2,22,23,24). The number of benzene rings is 2. The maximum atomic E-state index is 11.5. The molecule has 0 aliphatic carbocycles. The van der Waals surface area contributed by atoms with Gasteiger partial charge in [0, 0.05) is 13.1 Å². The summed E-state index contributed by atoms with van der Waals surface area (Å²) in [6.07, 6.45) is 0.788. The number of sulfonamides is 1. The number of primary sulfonamides is 1. The van der Waals surface area contributed by atoms with Crippen LogP contribution in [0.2, 0.25) is 0 Å². The van der Waals surface area contributed by atoms with E-state index in [2.05, 4.69) is 28.6 Å². The minimum atomic E-state index is -3.72. The molecule has 0 fully saturated rings. The Balaban J connectivity index is 2.02. The van der Waals surface area contributed by atoms with E-state index >= 15 is 0 Å². The van der Waals surface area contributed by atoms with Gasteiger partial charge in [-0.15, -0.1) is 0 Å². The second-order valence-electron chi connectivity index (χ2n) is 6.38. The van der Waals surface area contributed by atoms with Crippen LogP contribution in [0.1, 0.15) is 23.6 Å². The van der Waals surface area contributed by atoms with Crippen LogP contribution < -0.4 is 20.5 Å². The van der Waals surface area contributed by atoms with Crippen LogP contribution in [0, 0.1) is 6.92 Å². The fourth-order valence-corrected chi connectivity index (χ4v) is 3.34. The predicted molar refractivity (Wildman–Crippen MR) is 112 cm³/mol. The van der Waals surface area contributed by atoms with Gasteiger partial charge in [-0.25, -0.2) is 18.5 Å². The molecule has 2 aromatic rings. The molecular formula is C20H28N4O3S. The Morgan fingerprint density at radius 2 is 1.96 bits per heavy atom. The molecule has 0 radical (unpaired) electrons. The van der Waals surface area contributed by atoms with E-state index in [1.165, 1.54) is 11.6 Å². The summed E-state index contributed by atoms with van der Waals surface area (Å²) in [5.74, 6) is 1.53. The average Bonchev–Trinajstić information content (AvgIpc) is 2.66. The van der Waals surface area contributed by atoms with Crippen molar-refractivity contribution in [3.8, 4) is 5.75 Å². The van der Waals surface area contributed by atoms with Crippen molar-refractivity contribution in [3.05, 3.63) is 59.2 Å². The Labute approximate surface area is 167 Å². The molecule has 28 heavy (non-hydrogen) atoms. The summed E-state index contributed by atoms with van der Waals surface area (Å²) in [6, 6.07) is 12.6. The van der Waals surface area contributed by atoms with Gasteiger partial charge in [0.15, 0.2) is 5.96 Å². The zero-order valence-corrected chi connectivity index (χ0v) is 17.3. The van der Waals surface area contributed by atoms with Crippen molar-refractivity contribution >= 4 is 16.0 Å². The molecule has 0 aliphatic heterocycles. The number of guanidine groups is 1. The lowest BCUT2D eigenvalue weighted by molar-refractivity contribution is 0.409. The van der Waals surface area contributed by atoms with Gasteiger partial charge in [-0.2, -0.15) is 0 Å². The van der Waals surface area contributed by atoms with Gasteiger partial charge in [0.05, 0.1) is 18.6 Å². The van der Waals surface area contributed by atoms with Gasteiger partial charge in [-0.3, -0.25) is 0 Å². The number of methoxy groups -OCH3 is 1. The first-order valence-electron chi connectivity index (χ1n) is 9.11. The topological polar surface area (TPSA) is 106 Å². The van der Waals surface area contributed by atoms with Crippen LogP contribution in [0.15, 0.2) is 52.4 Å². The van der Waals surface area contributed by atoms with Gasteiger partial charge in [-0.1, -0.05) is 29.8 Å². The number of rotatable bonds is 8. The van der Waals surface area contributed by atoms with E-state index in [4.69, 9.17) is 9.88 Å². The molecule has 2 aromatic carbocycles. The van der Waals surface area contributed by atoms with Crippen molar-refractivity contribution < 1.29 is 13.2 Å². The SMILES string of the molecule is CCNC(=NCc1cccc(S(N)(=O)=O)c1)NCCc1cc(C)ccc1OC. The highest BCUT2D eigenvalue weighted by Gasteiger charge is 2.08. The van der Waals surface area contributed by atoms with E-state index in [0.29, 0.717) is 19.0 Å². The normalized spacial score (nSPS) is 11.9. The zero-order chi connectivity index (χ0) is 20.6. The van der Waals surface area contributed by atoms with E-state index in [0.717, 1.165) is 29.8 Å². The summed E-state index contributed by atoms with van der Waals surface area (Å²) < 4.78 is 28.4. The van der Waals surface area contributed by atoms with Crippen LogP contribution in [0.25, 0.3) is 0 Å². The fraction of sp³-hybridized carbons (Fsp3) is 0.350. The van der Waals surface area contributed by atoms with Crippen molar-refractivity contribution in [2.45, 2.75) is 31.7 Å². The van der Waals surface area contributed by atoms with E-state index in [1.807, 2.05) is 25.1 Å². The maximum Gasteiger partial charge on any atom is 0.238 e. The lowest BCUT2D eigenvalue weighted by Gasteiger charge is -2.13. The van der Waals surface area contributed by atoms with E-state index in [1.54, 1.807) is 19.2 Å². The predicted octanol–water partition coefficient (Wildman–Crippen LogP) is 1.95. The smallest absolute Gasteiger partial charge is 0.238 e. The molecule has 0 saturated carbocycles. The van der Waals surface area contributed by atoms with Crippen molar-refractivity contribution in [1.29, 1.82) is 0 Å². The second kappa shape index (κ2) is 10.1. The number of nitrogens with zero attached hydrogens (tertiary/aromatic N) is 1. The van der Waals surface area contributed by atoms with E-state index in [-0.39, 0.29) is 4.90 Å². The molecule has 4 N–H and O–H groups in total. The Morgan fingerprint density at radius 3 is 2.64 bits per heavy atom. The number of hydrogen-bond donors (Lipinski definition) is 3. The molecule has 0 unspecified atom stereocenters. The van der Waals surface area contributed by atoms with Crippen molar-refractivity contribution in [2.24, 2.45) is 10.1 Å². The summed E-state index contributed by atoms with van der Waals surface area (Å²) in [5, 5.41) is 11.7. The highest BCUT2D eigenvalue weighted by molar-refractivity contribution is 7.89. The van der Waals surface area contributed by atoms with E-state index in [9.17, 15) is 8.42 Å². The highest BCUT2D eigenvalue weighted by atomic mass is 32.2. The lowest BCUT2D eigenvalue weighted by Crippen LogP contribution is -2.38. The first-order chi connectivity index (χ1) is 13.3. The van der Waals surface area contributed by atoms with Gasteiger partial charge in [0.2, 0.25) is 10.0 Å². The van der Waals surface area contributed by atoms with Crippen LogP contribution in [-0.2, 0) is 23.0 Å². The molecule has 2 rings (SSSR count). The number of nitrogens with two attached hydrogens (primary N) is 1. The Morgan fingerprint density at radius 1 is 1.18 bits per heavy atom. The average molecular weight is 405 g/mol. The summed E-state index contributed by atoms with van der Waals surface area (Å²) in [5.41, 5.74) is 3.09. The number of nitrogens with one attached hydrogen (secondary N) is 2. The zero-order valence-electron chi connectivity index (χ0n) is 16.5. The number of ether oxygens (including phenoxy) is 1. The van der Waals surface area contributed by atoms with Gasteiger partial charge >= 0.3 is 0 Å². The third kappa shape index (κ3) is 6.54.